The fourth-order valence-electron chi connectivity index (χ4n) is 3.31. The van der Waals surface area contributed by atoms with Crippen LogP contribution in [-0.2, 0) is 6.54 Å². The van der Waals surface area contributed by atoms with E-state index in [0.29, 0.717) is 17.1 Å². The number of nitrogens with zero attached hydrogens (tertiary/aromatic N) is 1. The third-order valence-corrected chi connectivity index (χ3v) is 4.76. The number of hydrogen-bond acceptors (Lipinski definition) is 4. The lowest BCUT2D eigenvalue weighted by molar-refractivity contribution is 0.102. The third-order valence-electron chi connectivity index (χ3n) is 4.76. The van der Waals surface area contributed by atoms with Gasteiger partial charge in [-0.1, -0.05) is 24.6 Å². The summed E-state index contributed by atoms with van der Waals surface area (Å²) in [5.41, 5.74) is 2.47. The molecule has 0 bridgehead atoms. The molecule has 0 saturated carbocycles. The van der Waals surface area contributed by atoms with Gasteiger partial charge in [-0.25, -0.2) is 0 Å². The van der Waals surface area contributed by atoms with Gasteiger partial charge in [0.25, 0.3) is 5.91 Å². The SMILES string of the molecule is COc1ccc(C(=O)Nc2ccccc2CN2CCCCC2)c(OC)c1. The van der Waals surface area contributed by atoms with E-state index in [9.17, 15) is 4.79 Å². The lowest BCUT2D eigenvalue weighted by Crippen LogP contribution is -2.29. The van der Waals surface area contributed by atoms with Crippen molar-refractivity contribution < 1.29 is 14.3 Å². The van der Waals surface area contributed by atoms with Crippen LogP contribution in [-0.4, -0.2) is 38.1 Å². The van der Waals surface area contributed by atoms with Crippen LogP contribution >= 0.6 is 0 Å². The van der Waals surface area contributed by atoms with Crippen LogP contribution in [0.15, 0.2) is 42.5 Å². The number of nitrogens with one attached hydrogen (secondary N) is 1. The van der Waals surface area contributed by atoms with Gasteiger partial charge < -0.3 is 14.8 Å². The van der Waals surface area contributed by atoms with Crippen LogP contribution in [0.3, 0.4) is 0 Å². The van der Waals surface area contributed by atoms with Gasteiger partial charge in [-0.15, -0.1) is 0 Å². The molecule has 1 aliphatic heterocycles. The minimum Gasteiger partial charge on any atom is -0.497 e. The summed E-state index contributed by atoms with van der Waals surface area (Å²) in [7, 11) is 3.14. The van der Waals surface area contributed by atoms with Gasteiger partial charge in [0.05, 0.1) is 19.8 Å². The number of para-hydroxylation sites is 1. The van der Waals surface area contributed by atoms with Gasteiger partial charge in [-0.05, 0) is 49.7 Å². The topological polar surface area (TPSA) is 50.8 Å². The van der Waals surface area contributed by atoms with Crippen LogP contribution < -0.4 is 14.8 Å². The molecule has 26 heavy (non-hydrogen) atoms. The van der Waals surface area contributed by atoms with Crippen molar-refractivity contribution in [1.82, 2.24) is 4.90 Å². The Morgan fingerprint density at radius 3 is 2.54 bits per heavy atom. The minimum absolute atomic E-state index is 0.185. The fraction of sp³-hybridized carbons (Fsp3) is 0.381. The number of hydrogen-bond donors (Lipinski definition) is 1. The van der Waals surface area contributed by atoms with E-state index >= 15 is 0 Å². The first kappa shape index (κ1) is 18.3. The van der Waals surface area contributed by atoms with Crippen molar-refractivity contribution in [3.8, 4) is 11.5 Å². The zero-order valence-electron chi connectivity index (χ0n) is 15.5. The summed E-state index contributed by atoms with van der Waals surface area (Å²) in [6.45, 7) is 3.10. The van der Waals surface area contributed by atoms with Crippen LogP contribution in [0.25, 0.3) is 0 Å². The average Bonchev–Trinajstić information content (AvgIpc) is 2.69. The molecule has 0 aliphatic carbocycles. The molecule has 0 atom stereocenters. The molecular weight excluding hydrogens is 328 g/mol. The Kier molecular flexibility index (Phi) is 6.12. The zero-order chi connectivity index (χ0) is 18.4. The van der Waals surface area contributed by atoms with Crippen molar-refractivity contribution >= 4 is 11.6 Å². The summed E-state index contributed by atoms with van der Waals surface area (Å²) in [6.07, 6.45) is 3.81. The van der Waals surface area contributed by atoms with E-state index < -0.39 is 0 Å². The number of amides is 1. The van der Waals surface area contributed by atoms with Crippen molar-refractivity contribution in [3.05, 3.63) is 53.6 Å². The minimum atomic E-state index is -0.185. The normalized spacial score (nSPS) is 14.7. The largest absolute Gasteiger partial charge is 0.497 e. The quantitative estimate of drug-likeness (QED) is 0.854. The molecule has 2 aromatic rings. The maximum Gasteiger partial charge on any atom is 0.259 e. The molecule has 5 heteroatoms. The molecule has 1 aliphatic rings. The molecule has 0 aromatic heterocycles. The maximum atomic E-state index is 12.8. The molecular formula is C21H26N2O3. The van der Waals surface area contributed by atoms with E-state index in [1.807, 2.05) is 18.2 Å². The highest BCUT2D eigenvalue weighted by Gasteiger charge is 2.17. The molecule has 1 heterocycles. The molecule has 3 rings (SSSR count). The van der Waals surface area contributed by atoms with Crippen LogP contribution in [0.5, 0.6) is 11.5 Å². The molecule has 138 valence electrons. The Labute approximate surface area is 154 Å². The van der Waals surface area contributed by atoms with E-state index in [1.165, 1.54) is 19.3 Å². The van der Waals surface area contributed by atoms with Crippen molar-refractivity contribution in [2.45, 2.75) is 25.8 Å². The zero-order valence-corrected chi connectivity index (χ0v) is 15.5. The number of anilines is 1. The first-order valence-corrected chi connectivity index (χ1v) is 9.05. The number of likely N-dealkylation sites (tertiary alicyclic amines) is 1. The average molecular weight is 354 g/mol. The Bertz CT molecular complexity index is 755. The van der Waals surface area contributed by atoms with Crippen molar-refractivity contribution in [2.24, 2.45) is 0 Å². The van der Waals surface area contributed by atoms with E-state index in [1.54, 1.807) is 32.4 Å². The first-order valence-electron chi connectivity index (χ1n) is 9.05. The molecule has 1 saturated heterocycles. The van der Waals surface area contributed by atoms with E-state index in [2.05, 4.69) is 16.3 Å². The van der Waals surface area contributed by atoms with Crippen molar-refractivity contribution in [1.29, 1.82) is 0 Å². The van der Waals surface area contributed by atoms with Crippen LogP contribution in [0.1, 0.15) is 35.2 Å². The van der Waals surface area contributed by atoms with Crippen molar-refractivity contribution in [3.63, 3.8) is 0 Å². The highest BCUT2D eigenvalue weighted by atomic mass is 16.5. The number of rotatable bonds is 6. The summed E-state index contributed by atoms with van der Waals surface area (Å²) in [4.78, 5) is 15.2. The second-order valence-corrected chi connectivity index (χ2v) is 6.51. The van der Waals surface area contributed by atoms with Gasteiger partial charge in [-0.3, -0.25) is 9.69 Å². The summed E-state index contributed by atoms with van der Waals surface area (Å²) in [5, 5.41) is 3.04. The third kappa shape index (κ3) is 4.35. The Morgan fingerprint density at radius 1 is 1.04 bits per heavy atom. The number of carbonyl (C=O) groups is 1. The monoisotopic (exact) mass is 354 g/mol. The van der Waals surface area contributed by atoms with Crippen molar-refractivity contribution in [2.75, 3.05) is 32.6 Å². The van der Waals surface area contributed by atoms with Crippen LogP contribution in [0.2, 0.25) is 0 Å². The van der Waals surface area contributed by atoms with Gasteiger partial charge in [-0.2, -0.15) is 0 Å². The Morgan fingerprint density at radius 2 is 1.81 bits per heavy atom. The molecule has 2 aromatic carbocycles. The summed E-state index contributed by atoms with van der Waals surface area (Å²) in [5.74, 6) is 0.967. The second kappa shape index (κ2) is 8.72. The molecule has 0 spiro atoms. The molecule has 1 fully saturated rings. The molecule has 0 unspecified atom stereocenters. The second-order valence-electron chi connectivity index (χ2n) is 6.51. The first-order chi connectivity index (χ1) is 12.7. The Balaban J connectivity index is 1.77. The maximum absolute atomic E-state index is 12.8. The highest BCUT2D eigenvalue weighted by Crippen LogP contribution is 2.26. The number of carbonyl (C=O) groups excluding carboxylic acids is 1. The highest BCUT2D eigenvalue weighted by molar-refractivity contribution is 6.06. The molecule has 5 nitrogen and oxygen atoms in total. The molecule has 1 amide bonds. The summed E-state index contributed by atoms with van der Waals surface area (Å²) < 4.78 is 10.5. The molecule has 0 radical (unpaired) electrons. The summed E-state index contributed by atoms with van der Waals surface area (Å²) in [6, 6.07) is 13.2. The van der Waals surface area contributed by atoms with E-state index in [0.717, 1.165) is 30.9 Å². The predicted molar refractivity (Wildman–Crippen MR) is 103 cm³/mol. The van der Waals surface area contributed by atoms with Gasteiger partial charge in [0.1, 0.15) is 11.5 Å². The van der Waals surface area contributed by atoms with Gasteiger partial charge >= 0.3 is 0 Å². The number of piperidine rings is 1. The number of methoxy groups -OCH3 is 2. The standard InChI is InChI=1S/C21H26N2O3/c1-25-17-10-11-18(20(14-17)26-2)21(24)22-19-9-5-4-8-16(19)15-23-12-6-3-7-13-23/h4-5,8-11,14H,3,6-7,12-13,15H2,1-2H3,(H,22,24). The van der Waals surface area contributed by atoms with E-state index in [-0.39, 0.29) is 5.91 Å². The predicted octanol–water partition coefficient (Wildman–Crippen LogP) is 3.94. The number of benzene rings is 2. The lowest BCUT2D eigenvalue weighted by atomic mass is 10.1. The summed E-state index contributed by atoms with van der Waals surface area (Å²) >= 11 is 0. The Hall–Kier alpha value is -2.53. The van der Waals surface area contributed by atoms with Gasteiger partial charge in [0, 0.05) is 18.3 Å². The number of ether oxygens (including phenoxy) is 2. The van der Waals surface area contributed by atoms with Crippen LogP contribution in [0.4, 0.5) is 5.69 Å². The van der Waals surface area contributed by atoms with Crippen LogP contribution in [0, 0.1) is 0 Å². The van der Waals surface area contributed by atoms with E-state index in [4.69, 9.17) is 9.47 Å². The lowest BCUT2D eigenvalue weighted by Gasteiger charge is -2.27. The fourth-order valence-corrected chi connectivity index (χ4v) is 3.31. The van der Waals surface area contributed by atoms with Gasteiger partial charge in [0.2, 0.25) is 0 Å². The van der Waals surface area contributed by atoms with Gasteiger partial charge in [0.15, 0.2) is 0 Å². The smallest absolute Gasteiger partial charge is 0.259 e. The molecule has 1 N–H and O–H groups in total.